The smallest absolute Gasteiger partial charge is 0.326 e. The molecule has 3 amide bonds. The van der Waals surface area contributed by atoms with Crippen LogP contribution < -0.4 is 27.4 Å². The lowest BCUT2D eigenvalue weighted by Gasteiger charge is -2.26. The number of aromatic amines is 1. The molecular weight excluding hydrogens is 520 g/mol. The van der Waals surface area contributed by atoms with Crippen molar-refractivity contribution >= 4 is 46.4 Å². The highest BCUT2D eigenvalue weighted by molar-refractivity contribution is 7.98. The zero-order valence-corrected chi connectivity index (χ0v) is 23.7. The van der Waals surface area contributed by atoms with Crippen molar-refractivity contribution in [1.29, 1.82) is 0 Å². The molecule has 0 aliphatic carbocycles. The number of nitrogens with two attached hydrogens (primary N) is 2. The lowest BCUT2D eigenvalue weighted by atomic mass is 10.0. The Morgan fingerprint density at radius 1 is 0.949 bits per heavy atom. The highest BCUT2D eigenvalue weighted by Crippen LogP contribution is 2.19. The third-order valence-electron chi connectivity index (χ3n) is 6.56. The largest absolute Gasteiger partial charge is 0.480 e. The van der Waals surface area contributed by atoms with Crippen molar-refractivity contribution in [1.82, 2.24) is 20.9 Å². The highest BCUT2D eigenvalue weighted by Gasteiger charge is 2.30. The van der Waals surface area contributed by atoms with Crippen LogP contribution in [0.1, 0.15) is 45.1 Å². The van der Waals surface area contributed by atoms with E-state index in [-0.39, 0.29) is 18.8 Å². The minimum atomic E-state index is -1.20. The summed E-state index contributed by atoms with van der Waals surface area (Å²) < 4.78 is 0. The molecule has 11 nitrogen and oxygen atoms in total. The Morgan fingerprint density at radius 3 is 2.18 bits per heavy atom. The summed E-state index contributed by atoms with van der Waals surface area (Å²) in [6.45, 7) is 4.07. The van der Waals surface area contributed by atoms with Gasteiger partial charge < -0.3 is 37.5 Å². The van der Waals surface area contributed by atoms with Crippen LogP contribution in [0.2, 0.25) is 0 Å². The summed E-state index contributed by atoms with van der Waals surface area (Å²) in [6.07, 6.45) is 5.55. The number of amides is 3. The lowest BCUT2D eigenvalue weighted by molar-refractivity contribution is -0.142. The summed E-state index contributed by atoms with van der Waals surface area (Å²) in [4.78, 5) is 54.3. The number of H-pyrrole nitrogens is 1. The maximum absolute atomic E-state index is 13.3. The molecule has 4 atom stereocenters. The number of rotatable bonds is 17. The predicted octanol–water partition coefficient (Wildman–Crippen LogP) is 1.11. The molecule has 4 unspecified atom stereocenters. The van der Waals surface area contributed by atoms with Gasteiger partial charge >= 0.3 is 5.97 Å². The van der Waals surface area contributed by atoms with E-state index in [0.717, 1.165) is 16.5 Å². The first-order valence-corrected chi connectivity index (χ1v) is 14.6. The minimum Gasteiger partial charge on any atom is -0.480 e. The van der Waals surface area contributed by atoms with Crippen LogP contribution in [-0.4, -0.2) is 76.5 Å². The van der Waals surface area contributed by atoms with Crippen molar-refractivity contribution in [3.8, 4) is 0 Å². The Labute approximate surface area is 233 Å². The summed E-state index contributed by atoms with van der Waals surface area (Å²) in [5.74, 6) is -2.33. The second-order valence-corrected chi connectivity index (χ2v) is 10.9. The van der Waals surface area contributed by atoms with Gasteiger partial charge in [-0.3, -0.25) is 14.4 Å². The van der Waals surface area contributed by atoms with Gasteiger partial charge in [0.2, 0.25) is 17.7 Å². The number of fused-ring (bicyclic) bond motifs is 1. The predicted molar refractivity (Wildman–Crippen MR) is 154 cm³/mol. The van der Waals surface area contributed by atoms with E-state index in [0.29, 0.717) is 31.6 Å². The molecule has 1 aromatic carbocycles. The number of unbranched alkanes of at least 4 members (excludes halogenated alkanes) is 1. The van der Waals surface area contributed by atoms with E-state index in [9.17, 15) is 24.3 Å². The van der Waals surface area contributed by atoms with Crippen LogP contribution in [0, 0.1) is 5.92 Å². The van der Waals surface area contributed by atoms with Crippen molar-refractivity contribution in [2.24, 2.45) is 17.4 Å². The molecule has 0 radical (unpaired) electrons. The summed E-state index contributed by atoms with van der Waals surface area (Å²) in [5.41, 5.74) is 13.2. The molecule has 9 N–H and O–H groups in total. The fourth-order valence-corrected chi connectivity index (χ4v) is 4.57. The van der Waals surface area contributed by atoms with Crippen molar-refractivity contribution in [2.45, 2.75) is 70.1 Å². The number of carboxylic acid groups (broad SMARTS) is 1. The quantitative estimate of drug-likeness (QED) is 0.139. The van der Waals surface area contributed by atoms with Crippen LogP contribution in [0.25, 0.3) is 10.9 Å². The van der Waals surface area contributed by atoms with Gasteiger partial charge in [0, 0.05) is 23.5 Å². The zero-order valence-electron chi connectivity index (χ0n) is 22.9. The van der Waals surface area contributed by atoms with Crippen LogP contribution >= 0.6 is 11.8 Å². The topological polar surface area (TPSA) is 192 Å². The number of carboxylic acids is 1. The molecule has 216 valence electrons. The Kier molecular flexibility index (Phi) is 13.3. The molecule has 0 saturated carbocycles. The molecule has 0 aliphatic heterocycles. The van der Waals surface area contributed by atoms with Crippen LogP contribution in [0.3, 0.4) is 0 Å². The molecule has 1 aromatic heterocycles. The standard InChI is InChI=1S/C27H42N6O5S/c1-16(2)23(29)26(36)32-20(10-6-7-12-28)24(34)31-21(11-13-39-3)25(35)33-22(27(37)38)14-17-15-30-19-9-5-4-8-18(17)19/h4-5,8-9,15-16,20-23,30H,6-7,10-14,28-29H2,1-3H3,(H,31,34)(H,32,36)(H,33,35)(H,37,38). The van der Waals surface area contributed by atoms with E-state index in [1.54, 1.807) is 6.20 Å². The van der Waals surface area contributed by atoms with Gasteiger partial charge in [-0.2, -0.15) is 11.8 Å². The van der Waals surface area contributed by atoms with E-state index in [1.807, 2.05) is 44.4 Å². The summed E-state index contributed by atoms with van der Waals surface area (Å²) >= 11 is 1.50. The van der Waals surface area contributed by atoms with Crippen molar-refractivity contribution < 1.29 is 24.3 Å². The molecule has 0 bridgehead atoms. The molecule has 1 heterocycles. The maximum atomic E-state index is 13.3. The molecule has 0 saturated heterocycles. The van der Waals surface area contributed by atoms with Gasteiger partial charge in [0.05, 0.1) is 6.04 Å². The van der Waals surface area contributed by atoms with Crippen LogP contribution in [0.15, 0.2) is 30.5 Å². The van der Waals surface area contributed by atoms with E-state index >= 15 is 0 Å². The first-order chi connectivity index (χ1) is 18.6. The third kappa shape index (κ3) is 9.86. The number of hydrogen-bond acceptors (Lipinski definition) is 7. The fourth-order valence-electron chi connectivity index (χ4n) is 4.10. The number of aliphatic carboxylic acids is 1. The van der Waals surface area contributed by atoms with E-state index in [1.165, 1.54) is 11.8 Å². The molecular formula is C27H42N6O5S. The first-order valence-electron chi connectivity index (χ1n) is 13.2. The summed E-state index contributed by atoms with van der Waals surface area (Å²) in [6, 6.07) is 3.63. The monoisotopic (exact) mass is 562 g/mol. The van der Waals surface area contributed by atoms with Crippen LogP contribution in [0.5, 0.6) is 0 Å². The summed E-state index contributed by atoms with van der Waals surface area (Å²) in [5, 5.41) is 18.8. The van der Waals surface area contributed by atoms with Gasteiger partial charge in [-0.05, 0) is 61.8 Å². The number of carbonyl (C=O) groups is 4. The van der Waals surface area contributed by atoms with Crippen LogP contribution in [0.4, 0.5) is 0 Å². The number of para-hydroxylation sites is 1. The van der Waals surface area contributed by atoms with E-state index < -0.39 is 47.9 Å². The Morgan fingerprint density at radius 2 is 1.56 bits per heavy atom. The SMILES string of the molecule is CSCCC(NC(=O)C(CCCCN)NC(=O)C(N)C(C)C)C(=O)NC(Cc1c[nH]c2ccccc12)C(=O)O. The summed E-state index contributed by atoms with van der Waals surface area (Å²) in [7, 11) is 0. The number of benzene rings is 1. The van der Waals surface area contributed by atoms with Crippen LogP contribution in [-0.2, 0) is 25.6 Å². The molecule has 2 rings (SSSR count). The average molecular weight is 563 g/mol. The van der Waals surface area contributed by atoms with Gasteiger partial charge in [0.25, 0.3) is 0 Å². The number of hydrogen-bond donors (Lipinski definition) is 7. The minimum absolute atomic E-state index is 0.0686. The van der Waals surface area contributed by atoms with Gasteiger partial charge in [-0.15, -0.1) is 0 Å². The molecule has 2 aromatic rings. The number of thioether (sulfide) groups is 1. The van der Waals surface area contributed by atoms with E-state index in [4.69, 9.17) is 11.5 Å². The molecule has 39 heavy (non-hydrogen) atoms. The van der Waals surface area contributed by atoms with E-state index in [2.05, 4.69) is 20.9 Å². The Balaban J connectivity index is 2.16. The second kappa shape index (κ2) is 16.1. The zero-order chi connectivity index (χ0) is 28.9. The second-order valence-electron chi connectivity index (χ2n) is 9.92. The number of aromatic nitrogens is 1. The number of nitrogens with one attached hydrogen (secondary N) is 4. The molecule has 12 heteroatoms. The highest BCUT2D eigenvalue weighted by atomic mass is 32.2. The van der Waals surface area contributed by atoms with Crippen molar-refractivity contribution in [3.63, 3.8) is 0 Å². The average Bonchev–Trinajstić information content (AvgIpc) is 3.31. The van der Waals surface area contributed by atoms with Gasteiger partial charge in [-0.25, -0.2) is 4.79 Å². The normalized spacial score (nSPS) is 14.4. The molecule has 0 spiro atoms. The van der Waals surface area contributed by atoms with Gasteiger partial charge in [-0.1, -0.05) is 32.0 Å². The maximum Gasteiger partial charge on any atom is 0.326 e. The fraction of sp³-hybridized carbons (Fsp3) is 0.556. The first kappa shape index (κ1) is 32.1. The lowest BCUT2D eigenvalue weighted by Crippen LogP contribution is -2.57. The van der Waals surface area contributed by atoms with Crippen molar-refractivity contribution in [2.75, 3.05) is 18.6 Å². The third-order valence-corrected chi connectivity index (χ3v) is 7.20. The molecule has 0 aliphatic rings. The Bertz CT molecular complexity index is 1110. The Hall–Kier alpha value is -3.09. The van der Waals surface area contributed by atoms with Crippen molar-refractivity contribution in [3.05, 3.63) is 36.0 Å². The van der Waals surface area contributed by atoms with Gasteiger partial charge in [0.15, 0.2) is 0 Å². The molecule has 0 fully saturated rings. The number of carbonyl (C=O) groups excluding carboxylic acids is 3. The van der Waals surface area contributed by atoms with Gasteiger partial charge in [0.1, 0.15) is 18.1 Å².